The number of halogens is 1. The third-order valence-corrected chi connectivity index (χ3v) is 6.59. The molecule has 2 aromatic carbocycles. The summed E-state index contributed by atoms with van der Waals surface area (Å²) in [6.07, 6.45) is 2.59. The van der Waals surface area contributed by atoms with Gasteiger partial charge in [0.1, 0.15) is 12.3 Å². The van der Waals surface area contributed by atoms with Crippen LogP contribution in [-0.2, 0) is 14.8 Å². The second-order valence-electron chi connectivity index (χ2n) is 7.41. The fourth-order valence-corrected chi connectivity index (χ4v) is 4.67. The molecule has 1 aromatic heterocycles. The number of ether oxygens (including phenoxy) is 1. The summed E-state index contributed by atoms with van der Waals surface area (Å²) >= 11 is 3.49. The normalized spacial score (nSPS) is 11.5. The molecule has 8 nitrogen and oxygen atoms in total. The Kier molecular flexibility index (Phi) is 7.60. The number of benzene rings is 2. The summed E-state index contributed by atoms with van der Waals surface area (Å²) in [5, 5.41) is 4.04. The molecule has 3 aromatic rings. The molecule has 0 spiro atoms. The van der Waals surface area contributed by atoms with Gasteiger partial charge in [-0.3, -0.25) is 9.10 Å². The highest BCUT2D eigenvalue weighted by molar-refractivity contribution is 9.10. The lowest BCUT2D eigenvalue weighted by Gasteiger charge is -2.21. The molecule has 33 heavy (non-hydrogen) atoms. The van der Waals surface area contributed by atoms with Gasteiger partial charge in [0, 0.05) is 33.2 Å². The van der Waals surface area contributed by atoms with Crippen molar-refractivity contribution in [3.05, 3.63) is 76.0 Å². The van der Waals surface area contributed by atoms with E-state index in [0.717, 1.165) is 37.7 Å². The number of aromatic nitrogens is 1. The first-order valence-electron chi connectivity index (χ1n) is 9.98. The van der Waals surface area contributed by atoms with Crippen molar-refractivity contribution in [1.29, 1.82) is 0 Å². The van der Waals surface area contributed by atoms with Gasteiger partial charge in [-0.25, -0.2) is 13.8 Å². The Morgan fingerprint density at radius 3 is 2.58 bits per heavy atom. The predicted octanol–water partition coefficient (Wildman–Crippen LogP) is 3.78. The summed E-state index contributed by atoms with van der Waals surface area (Å²) in [5.74, 6) is -0.0827. The maximum absolute atomic E-state index is 12.5. The van der Waals surface area contributed by atoms with E-state index in [1.165, 1.54) is 7.11 Å². The van der Waals surface area contributed by atoms with Gasteiger partial charge in [0.05, 0.1) is 25.3 Å². The molecule has 1 amide bonds. The minimum Gasteiger partial charge on any atom is -0.497 e. The molecule has 0 atom stereocenters. The molecule has 0 saturated heterocycles. The second-order valence-corrected chi connectivity index (χ2v) is 10.2. The van der Waals surface area contributed by atoms with Crippen LogP contribution in [0.2, 0.25) is 0 Å². The summed E-state index contributed by atoms with van der Waals surface area (Å²) in [6, 6.07) is 16.4. The van der Waals surface area contributed by atoms with Crippen molar-refractivity contribution in [2.45, 2.75) is 13.8 Å². The average Bonchev–Trinajstić information content (AvgIpc) is 3.04. The maximum atomic E-state index is 12.5. The van der Waals surface area contributed by atoms with Gasteiger partial charge in [0.15, 0.2) is 0 Å². The topological polar surface area (TPSA) is 93.0 Å². The van der Waals surface area contributed by atoms with Gasteiger partial charge in [-0.05, 0) is 50.2 Å². The van der Waals surface area contributed by atoms with E-state index in [1.54, 1.807) is 30.5 Å². The first-order valence-corrected chi connectivity index (χ1v) is 12.6. The van der Waals surface area contributed by atoms with E-state index in [0.29, 0.717) is 11.4 Å². The molecular weight excluding hydrogens is 508 g/mol. The summed E-state index contributed by atoms with van der Waals surface area (Å²) in [4.78, 5) is 12.5. The van der Waals surface area contributed by atoms with E-state index in [4.69, 9.17) is 4.74 Å². The number of hydrogen-bond acceptors (Lipinski definition) is 5. The molecule has 174 valence electrons. The van der Waals surface area contributed by atoms with E-state index >= 15 is 0 Å². The summed E-state index contributed by atoms with van der Waals surface area (Å²) in [5.41, 5.74) is 6.55. The first kappa shape index (κ1) is 24.5. The average molecular weight is 533 g/mol. The zero-order chi connectivity index (χ0) is 24.2. The van der Waals surface area contributed by atoms with Crippen molar-refractivity contribution in [2.75, 3.05) is 24.2 Å². The van der Waals surface area contributed by atoms with Crippen LogP contribution in [0, 0.1) is 13.8 Å². The molecule has 0 bridgehead atoms. The molecule has 0 unspecified atom stereocenters. The maximum Gasteiger partial charge on any atom is 0.260 e. The molecule has 0 aliphatic carbocycles. The zero-order valence-electron chi connectivity index (χ0n) is 18.7. The quantitative estimate of drug-likeness (QED) is 0.353. The molecule has 0 aliphatic heterocycles. The highest BCUT2D eigenvalue weighted by Gasteiger charge is 2.21. The highest BCUT2D eigenvalue weighted by atomic mass is 79.9. The van der Waals surface area contributed by atoms with Gasteiger partial charge in [0.2, 0.25) is 10.0 Å². The SMILES string of the molecule is COc1cccc(N(CC(=O)N/N=C\c2cc(C)n(-c3cccc(Br)c3)c2C)S(C)(=O)=O)c1. The molecule has 0 saturated carbocycles. The van der Waals surface area contributed by atoms with Crippen LogP contribution in [0.25, 0.3) is 5.69 Å². The van der Waals surface area contributed by atoms with Gasteiger partial charge in [0.25, 0.3) is 5.91 Å². The lowest BCUT2D eigenvalue weighted by atomic mass is 10.2. The number of nitrogens with one attached hydrogen (secondary N) is 1. The summed E-state index contributed by atoms with van der Waals surface area (Å²) in [7, 11) is -2.22. The van der Waals surface area contributed by atoms with Crippen LogP contribution >= 0.6 is 15.9 Å². The van der Waals surface area contributed by atoms with E-state index < -0.39 is 22.5 Å². The number of carbonyl (C=O) groups is 1. The third-order valence-electron chi connectivity index (χ3n) is 4.96. The minimum absolute atomic E-state index is 0.327. The largest absolute Gasteiger partial charge is 0.497 e. The Hall–Kier alpha value is -3.11. The molecule has 0 fully saturated rings. The number of nitrogens with zero attached hydrogens (tertiary/aromatic N) is 3. The number of anilines is 1. The van der Waals surface area contributed by atoms with Gasteiger partial charge in [-0.2, -0.15) is 5.10 Å². The number of rotatable bonds is 8. The van der Waals surface area contributed by atoms with Crippen molar-refractivity contribution in [2.24, 2.45) is 5.10 Å². The number of hydrogen-bond donors (Lipinski definition) is 1. The molecule has 1 heterocycles. The number of amides is 1. The Labute approximate surface area is 202 Å². The van der Waals surface area contributed by atoms with Crippen molar-refractivity contribution in [3.63, 3.8) is 0 Å². The van der Waals surface area contributed by atoms with Gasteiger partial charge in [-0.15, -0.1) is 0 Å². The Morgan fingerprint density at radius 2 is 1.91 bits per heavy atom. The van der Waals surface area contributed by atoms with Crippen molar-refractivity contribution in [3.8, 4) is 11.4 Å². The number of carbonyl (C=O) groups excluding carboxylic acids is 1. The zero-order valence-corrected chi connectivity index (χ0v) is 21.1. The summed E-state index contributed by atoms with van der Waals surface area (Å²) < 4.78 is 33.7. The molecular formula is C23H25BrN4O4S. The number of hydrazone groups is 1. The van der Waals surface area contributed by atoms with Gasteiger partial charge < -0.3 is 9.30 Å². The van der Waals surface area contributed by atoms with Crippen LogP contribution in [0.1, 0.15) is 17.0 Å². The Balaban J connectivity index is 1.75. The molecule has 1 N–H and O–H groups in total. The lowest BCUT2D eigenvalue weighted by Crippen LogP contribution is -2.39. The Morgan fingerprint density at radius 1 is 1.18 bits per heavy atom. The van der Waals surface area contributed by atoms with Crippen molar-refractivity contribution < 1.29 is 17.9 Å². The monoisotopic (exact) mass is 532 g/mol. The molecule has 0 aliphatic rings. The molecule has 10 heteroatoms. The molecule has 3 rings (SSSR count). The van der Waals surface area contributed by atoms with E-state index in [9.17, 15) is 13.2 Å². The van der Waals surface area contributed by atoms with E-state index in [1.807, 2.05) is 44.2 Å². The van der Waals surface area contributed by atoms with Crippen LogP contribution < -0.4 is 14.5 Å². The van der Waals surface area contributed by atoms with E-state index in [2.05, 4.69) is 31.0 Å². The fraction of sp³-hybridized carbons (Fsp3) is 0.217. The van der Waals surface area contributed by atoms with Crippen LogP contribution in [0.15, 0.2) is 64.2 Å². The minimum atomic E-state index is -3.70. The van der Waals surface area contributed by atoms with Gasteiger partial charge in [-0.1, -0.05) is 28.1 Å². The number of sulfonamides is 1. The van der Waals surface area contributed by atoms with Gasteiger partial charge >= 0.3 is 0 Å². The molecule has 0 radical (unpaired) electrons. The second kappa shape index (κ2) is 10.2. The number of aryl methyl sites for hydroxylation is 1. The van der Waals surface area contributed by atoms with Crippen molar-refractivity contribution in [1.82, 2.24) is 9.99 Å². The lowest BCUT2D eigenvalue weighted by molar-refractivity contribution is -0.119. The Bertz CT molecular complexity index is 1300. The predicted molar refractivity (Wildman–Crippen MR) is 134 cm³/mol. The summed E-state index contributed by atoms with van der Waals surface area (Å²) in [6.45, 7) is 3.54. The third kappa shape index (κ3) is 6.02. The van der Waals surface area contributed by atoms with Crippen LogP contribution in [0.3, 0.4) is 0 Å². The first-order chi connectivity index (χ1) is 15.6. The van der Waals surface area contributed by atoms with E-state index in [-0.39, 0.29) is 0 Å². The van der Waals surface area contributed by atoms with Crippen LogP contribution in [-0.4, -0.2) is 45.0 Å². The smallest absolute Gasteiger partial charge is 0.260 e. The fourth-order valence-electron chi connectivity index (χ4n) is 3.44. The van der Waals surface area contributed by atoms with Crippen LogP contribution in [0.4, 0.5) is 5.69 Å². The number of methoxy groups -OCH3 is 1. The highest BCUT2D eigenvalue weighted by Crippen LogP contribution is 2.23. The van der Waals surface area contributed by atoms with Crippen molar-refractivity contribution >= 4 is 43.8 Å². The van der Waals surface area contributed by atoms with Crippen LogP contribution in [0.5, 0.6) is 5.75 Å². The standard InChI is InChI=1S/C23H25BrN4O4S/c1-16-11-18(17(2)28(16)21-9-5-7-19(24)12-21)14-25-26-23(29)15-27(33(4,30)31)20-8-6-10-22(13-20)32-3/h5-14H,15H2,1-4H3,(H,26,29)/b25-14-.